The number of benzene rings is 1. The topological polar surface area (TPSA) is 15.3 Å². The number of hydrogen-bond donors (Lipinski definition) is 1. The summed E-state index contributed by atoms with van der Waals surface area (Å²) in [6.07, 6.45) is 1.19. The molecule has 1 aromatic carbocycles. The second-order valence-electron chi connectivity index (χ2n) is 4.45. The van der Waals surface area contributed by atoms with Crippen LogP contribution < -0.4 is 10.2 Å². The molecule has 3 heteroatoms. The van der Waals surface area contributed by atoms with Crippen LogP contribution in [0.5, 0.6) is 0 Å². The summed E-state index contributed by atoms with van der Waals surface area (Å²) in [5.41, 5.74) is 2.15. The van der Waals surface area contributed by atoms with Crippen molar-refractivity contribution in [3.8, 4) is 0 Å². The molecular weight excluding hydrogens is 220 g/mol. The molecule has 0 aliphatic carbocycles. The van der Waals surface area contributed by atoms with Crippen LogP contribution >= 0.6 is 11.6 Å². The Morgan fingerprint density at radius 2 is 2.06 bits per heavy atom. The van der Waals surface area contributed by atoms with Crippen molar-refractivity contribution >= 4 is 23.0 Å². The highest BCUT2D eigenvalue weighted by Gasteiger charge is 2.04. The zero-order chi connectivity index (χ0) is 12.1. The summed E-state index contributed by atoms with van der Waals surface area (Å²) in [6.45, 7) is 5.44. The van der Waals surface area contributed by atoms with E-state index in [2.05, 4.69) is 25.2 Å². The highest BCUT2D eigenvalue weighted by molar-refractivity contribution is 6.33. The van der Waals surface area contributed by atoms with E-state index in [-0.39, 0.29) is 0 Å². The lowest BCUT2D eigenvalue weighted by Gasteiger charge is -2.16. The summed E-state index contributed by atoms with van der Waals surface area (Å²) in [4.78, 5) is 2.01. The maximum atomic E-state index is 6.19. The van der Waals surface area contributed by atoms with Crippen molar-refractivity contribution < 1.29 is 0 Å². The fraction of sp³-hybridized carbons (Fsp3) is 0.538. The molecule has 1 aromatic rings. The fourth-order valence-electron chi connectivity index (χ4n) is 1.42. The van der Waals surface area contributed by atoms with Gasteiger partial charge in [0.2, 0.25) is 0 Å². The van der Waals surface area contributed by atoms with Crippen LogP contribution in [0, 0.1) is 5.92 Å². The van der Waals surface area contributed by atoms with E-state index < -0.39 is 0 Å². The van der Waals surface area contributed by atoms with E-state index in [1.54, 1.807) is 0 Å². The Morgan fingerprint density at radius 1 is 1.38 bits per heavy atom. The largest absolute Gasteiger partial charge is 0.385 e. The van der Waals surface area contributed by atoms with Crippen LogP contribution in [0.1, 0.15) is 20.3 Å². The van der Waals surface area contributed by atoms with Gasteiger partial charge in [-0.05, 0) is 24.1 Å². The third-order valence-corrected chi connectivity index (χ3v) is 3.08. The molecule has 1 rings (SSSR count). The summed E-state index contributed by atoms with van der Waals surface area (Å²) in [7, 11) is 3.99. The van der Waals surface area contributed by atoms with Gasteiger partial charge in [-0.25, -0.2) is 0 Å². The molecule has 1 atom stereocenters. The first-order valence-corrected chi connectivity index (χ1v) is 6.13. The van der Waals surface area contributed by atoms with Crippen LogP contribution in [0.4, 0.5) is 11.4 Å². The van der Waals surface area contributed by atoms with Crippen LogP contribution in [0.15, 0.2) is 18.2 Å². The van der Waals surface area contributed by atoms with Crippen molar-refractivity contribution in [2.75, 3.05) is 30.9 Å². The summed E-state index contributed by atoms with van der Waals surface area (Å²) in [5.74, 6) is 0.687. The van der Waals surface area contributed by atoms with Crippen molar-refractivity contribution in [2.45, 2.75) is 20.3 Å². The Hall–Kier alpha value is -0.890. The summed E-state index contributed by atoms with van der Waals surface area (Å²) in [5, 5.41) is 4.19. The van der Waals surface area contributed by atoms with E-state index >= 15 is 0 Å². The lowest BCUT2D eigenvalue weighted by Crippen LogP contribution is -2.11. The number of nitrogens with zero attached hydrogens (tertiary/aromatic N) is 1. The minimum atomic E-state index is 0.687. The van der Waals surface area contributed by atoms with Gasteiger partial charge < -0.3 is 10.2 Å². The van der Waals surface area contributed by atoms with Crippen LogP contribution in [-0.2, 0) is 0 Å². The maximum absolute atomic E-state index is 6.19. The zero-order valence-corrected chi connectivity index (χ0v) is 11.3. The van der Waals surface area contributed by atoms with Gasteiger partial charge in [0.05, 0.1) is 10.7 Å². The van der Waals surface area contributed by atoms with Crippen LogP contribution in [-0.4, -0.2) is 20.6 Å². The minimum absolute atomic E-state index is 0.687. The molecule has 0 aromatic heterocycles. The molecule has 0 radical (unpaired) electrons. The molecule has 2 nitrogen and oxygen atoms in total. The number of hydrogen-bond acceptors (Lipinski definition) is 2. The van der Waals surface area contributed by atoms with Gasteiger partial charge in [0.1, 0.15) is 0 Å². The monoisotopic (exact) mass is 240 g/mol. The van der Waals surface area contributed by atoms with Gasteiger partial charge in [-0.2, -0.15) is 0 Å². The molecule has 0 fully saturated rings. The molecule has 0 spiro atoms. The number of anilines is 2. The van der Waals surface area contributed by atoms with E-state index in [1.807, 2.05) is 31.1 Å². The summed E-state index contributed by atoms with van der Waals surface area (Å²) < 4.78 is 0. The Bertz CT molecular complexity index is 337. The first-order chi connectivity index (χ1) is 7.54. The van der Waals surface area contributed by atoms with E-state index in [9.17, 15) is 0 Å². The van der Waals surface area contributed by atoms with Gasteiger partial charge in [0.15, 0.2) is 0 Å². The molecule has 0 aliphatic rings. The molecule has 0 amide bonds. The maximum Gasteiger partial charge on any atom is 0.0659 e. The van der Waals surface area contributed by atoms with Crippen molar-refractivity contribution in [3.63, 3.8) is 0 Å². The normalized spacial score (nSPS) is 12.3. The Balaban J connectivity index is 2.66. The molecule has 0 saturated carbocycles. The van der Waals surface area contributed by atoms with Crippen molar-refractivity contribution in [1.82, 2.24) is 0 Å². The van der Waals surface area contributed by atoms with Crippen molar-refractivity contribution in [1.29, 1.82) is 0 Å². The Kier molecular flexibility index (Phi) is 4.94. The molecule has 90 valence electrons. The van der Waals surface area contributed by atoms with E-state index in [4.69, 9.17) is 11.6 Å². The molecule has 0 aliphatic heterocycles. The minimum Gasteiger partial charge on any atom is -0.385 e. The predicted molar refractivity (Wildman–Crippen MR) is 73.7 cm³/mol. The molecule has 0 saturated heterocycles. The fourth-order valence-corrected chi connectivity index (χ4v) is 1.77. The third kappa shape index (κ3) is 3.60. The lowest BCUT2D eigenvalue weighted by atomic mass is 10.1. The quantitative estimate of drug-likeness (QED) is 0.841. The Labute approximate surface area is 104 Å². The average Bonchev–Trinajstić information content (AvgIpc) is 2.25. The molecule has 16 heavy (non-hydrogen) atoms. The SMILES string of the molecule is CCC(C)CNc1ccc(N(C)C)c(Cl)c1. The van der Waals surface area contributed by atoms with E-state index in [1.165, 1.54) is 6.42 Å². The smallest absolute Gasteiger partial charge is 0.0659 e. The van der Waals surface area contributed by atoms with Crippen LogP contribution in [0.3, 0.4) is 0 Å². The molecule has 1 unspecified atom stereocenters. The van der Waals surface area contributed by atoms with Crippen molar-refractivity contribution in [2.24, 2.45) is 5.92 Å². The van der Waals surface area contributed by atoms with Crippen molar-refractivity contribution in [3.05, 3.63) is 23.2 Å². The van der Waals surface area contributed by atoms with Crippen LogP contribution in [0.2, 0.25) is 5.02 Å². The number of nitrogens with one attached hydrogen (secondary N) is 1. The van der Waals surface area contributed by atoms with Gasteiger partial charge in [0.25, 0.3) is 0 Å². The van der Waals surface area contributed by atoms with E-state index in [0.29, 0.717) is 5.92 Å². The second kappa shape index (κ2) is 6.00. The standard InChI is InChI=1S/C13H21ClN2/c1-5-10(2)9-15-11-6-7-13(16(3)4)12(14)8-11/h6-8,10,15H,5,9H2,1-4H3. The van der Waals surface area contributed by atoms with Gasteiger partial charge in [-0.1, -0.05) is 31.9 Å². The molecule has 0 heterocycles. The summed E-state index contributed by atoms with van der Waals surface area (Å²) in [6, 6.07) is 6.10. The molecule has 1 N–H and O–H groups in total. The molecule has 0 bridgehead atoms. The highest BCUT2D eigenvalue weighted by Crippen LogP contribution is 2.27. The lowest BCUT2D eigenvalue weighted by molar-refractivity contribution is 0.593. The zero-order valence-electron chi connectivity index (χ0n) is 10.5. The van der Waals surface area contributed by atoms with Crippen LogP contribution in [0.25, 0.3) is 0 Å². The number of halogens is 1. The van der Waals surface area contributed by atoms with Gasteiger partial charge >= 0.3 is 0 Å². The number of rotatable bonds is 5. The highest BCUT2D eigenvalue weighted by atomic mass is 35.5. The third-order valence-electron chi connectivity index (χ3n) is 2.78. The van der Waals surface area contributed by atoms with E-state index in [0.717, 1.165) is 22.9 Å². The van der Waals surface area contributed by atoms with Gasteiger partial charge in [-0.15, -0.1) is 0 Å². The summed E-state index contributed by atoms with van der Waals surface area (Å²) >= 11 is 6.19. The average molecular weight is 241 g/mol. The van der Waals surface area contributed by atoms with Gasteiger partial charge in [0, 0.05) is 26.3 Å². The first kappa shape index (κ1) is 13.2. The molecular formula is C13H21ClN2. The first-order valence-electron chi connectivity index (χ1n) is 5.75. The second-order valence-corrected chi connectivity index (χ2v) is 4.86. The predicted octanol–water partition coefficient (Wildman–Crippen LogP) is 3.86. The van der Waals surface area contributed by atoms with Gasteiger partial charge in [-0.3, -0.25) is 0 Å². The Morgan fingerprint density at radius 3 is 2.56 bits per heavy atom.